The van der Waals surface area contributed by atoms with Crippen molar-refractivity contribution in [3.63, 3.8) is 0 Å². The molecule has 3 heteroatoms. The largest absolute Gasteiger partial charge is 0.293 e. The molecule has 0 N–H and O–H groups in total. The standard InChI is InChI=1S/C9H9ClFN/c1-2-12-6-7-8(10)4-3-5-9(7)11/h3-6H,2H2,1H3. The van der Waals surface area contributed by atoms with Gasteiger partial charge in [-0.3, -0.25) is 4.99 Å². The number of hydrogen-bond acceptors (Lipinski definition) is 1. The fraction of sp³-hybridized carbons (Fsp3) is 0.222. The van der Waals surface area contributed by atoms with Crippen molar-refractivity contribution in [2.24, 2.45) is 4.99 Å². The normalized spacial score (nSPS) is 10.9. The van der Waals surface area contributed by atoms with Gasteiger partial charge in [0.25, 0.3) is 0 Å². The first kappa shape index (κ1) is 9.20. The summed E-state index contributed by atoms with van der Waals surface area (Å²) in [5, 5.41) is 0.396. The number of nitrogens with zero attached hydrogens (tertiary/aromatic N) is 1. The van der Waals surface area contributed by atoms with Crippen molar-refractivity contribution in [3.05, 3.63) is 34.6 Å². The van der Waals surface area contributed by atoms with Crippen LogP contribution in [0.1, 0.15) is 12.5 Å². The van der Waals surface area contributed by atoms with E-state index in [9.17, 15) is 4.39 Å². The number of aliphatic imine (C=N–C) groups is 1. The predicted molar refractivity (Wildman–Crippen MR) is 49.5 cm³/mol. The molecule has 64 valence electrons. The molecule has 0 aromatic heterocycles. The van der Waals surface area contributed by atoms with Gasteiger partial charge in [0.05, 0.1) is 5.02 Å². The fourth-order valence-corrected chi connectivity index (χ4v) is 1.03. The highest BCUT2D eigenvalue weighted by Crippen LogP contribution is 2.16. The quantitative estimate of drug-likeness (QED) is 0.629. The van der Waals surface area contributed by atoms with Gasteiger partial charge in [-0.05, 0) is 19.1 Å². The van der Waals surface area contributed by atoms with Crippen LogP contribution >= 0.6 is 11.6 Å². The van der Waals surface area contributed by atoms with Crippen molar-refractivity contribution in [1.29, 1.82) is 0 Å². The van der Waals surface area contributed by atoms with Gasteiger partial charge in [-0.2, -0.15) is 0 Å². The molecule has 0 amide bonds. The molecule has 1 nitrogen and oxygen atoms in total. The Morgan fingerprint density at radius 1 is 1.58 bits per heavy atom. The van der Waals surface area contributed by atoms with Crippen molar-refractivity contribution in [1.82, 2.24) is 0 Å². The van der Waals surface area contributed by atoms with E-state index in [1.807, 2.05) is 6.92 Å². The lowest BCUT2D eigenvalue weighted by Gasteiger charge is -1.97. The van der Waals surface area contributed by atoms with Gasteiger partial charge in [-0.25, -0.2) is 4.39 Å². The average Bonchev–Trinajstić information content (AvgIpc) is 2.04. The Bertz CT molecular complexity index is 276. The summed E-state index contributed by atoms with van der Waals surface area (Å²) < 4.78 is 13.0. The molecule has 12 heavy (non-hydrogen) atoms. The molecular weight excluding hydrogens is 177 g/mol. The summed E-state index contributed by atoms with van der Waals surface area (Å²) in [7, 11) is 0. The number of benzene rings is 1. The molecule has 0 spiro atoms. The highest BCUT2D eigenvalue weighted by Gasteiger charge is 2.02. The van der Waals surface area contributed by atoms with Crippen LogP contribution in [0.3, 0.4) is 0 Å². The molecule has 0 fully saturated rings. The van der Waals surface area contributed by atoms with Gasteiger partial charge in [0.2, 0.25) is 0 Å². The fourth-order valence-electron chi connectivity index (χ4n) is 0.817. The lowest BCUT2D eigenvalue weighted by Crippen LogP contribution is -1.89. The van der Waals surface area contributed by atoms with Crippen LogP contribution in [0.5, 0.6) is 0 Å². The Morgan fingerprint density at radius 3 is 2.92 bits per heavy atom. The summed E-state index contributed by atoms with van der Waals surface area (Å²) >= 11 is 5.73. The number of halogens is 2. The van der Waals surface area contributed by atoms with Crippen LogP contribution in [0, 0.1) is 5.82 Å². The molecule has 0 aliphatic heterocycles. The molecule has 0 aliphatic rings. The van der Waals surface area contributed by atoms with Gasteiger partial charge < -0.3 is 0 Å². The Kier molecular flexibility index (Phi) is 3.23. The van der Waals surface area contributed by atoms with E-state index < -0.39 is 0 Å². The van der Waals surface area contributed by atoms with E-state index >= 15 is 0 Å². The van der Waals surface area contributed by atoms with Gasteiger partial charge in [-0.1, -0.05) is 17.7 Å². The highest BCUT2D eigenvalue weighted by atomic mass is 35.5. The molecule has 1 rings (SSSR count). The molecule has 0 heterocycles. The van der Waals surface area contributed by atoms with Gasteiger partial charge in [0.1, 0.15) is 5.82 Å². The zero-order valence-corrected chi connectivity index (χ0v) is 7.48. The second kappa shape index (κ2) is 4.21. The van der Waals surface area contributed by atoms with Gasteiger partial charge in [-0.15, -0.1) is 0 Å². The smallest absolute Gasteiger partial charge is 0.133 e. The molecular formula is C9H9ClFN. The number of hydrogen-bond donors (Lipinski definition) is 0. The second-order valence-electron chi connectivity index (χ2n) is 2.26. The van der Waals surface area contributed by atoms with E-state index in [1.54, 1.807) is 12.1 Å². The van der Waals surface area contributed by atoms with Crippen molar-refractivity contribution in [2.45, 2.75) is 6.92 Å². The van der Waals surface area contributed by atoms with E-state index in [0.717, 1.165) is 0 Å². The summed E-state index contributed by atoms with van der Waals surface area (Å²) in [6.07, 6.45) is 1.46. The maximum Gasteiger partial charge on any atom is 0.133 e. The van der Waals surface area contributed by atoms with Gasteiger partial charge in [0, 0.05) is 18.3 Å². The topological polar surface area (TPSA) is 12.4 Å². The van der Waals surface area contributed by atoms with Crippen LogP contribution in [0.25, 0.3) is 0 Å². The van der Waals surface area contributed by atoms with E-state index in [2.05, 4.69) is 4.99 Å². The van der Waals surface area contributed by atoms with Gasteiger partial charge >= 0.3 is 0 Å². The van der Waals surface area contributed by atoms with Crippen LogP contribution in [-0.2, 0) is 0 Å². The van der Waals surface area contributed by atoms with Crippen molar-refractivity contribution < 1.29 is 4.39 Å². The Labute approximate surface area is 75.9 Å². The lowest BCUT2D eigenvalue weighted by atomic mass is 10.2. The minimum absolute atomic E-state index is 0.334. The monoisotopic (exact) mass is 185 g/mol. The molecule has 0 aliphatic carbocycles. The molecule has 1 aromatic rings. The van der Waals surface area contributed by atoms with Crippen molar-refractivity contribution in [3.8, 4) is 0 Å². The first-order valence-electron chi connectivity index (χ1n) is 3.69. The molecule has 0 atom stereocenters. The summed E-state index contributed by atoms with van der Waals surface area (Å²) in [6, 6.07) is 4.57. The summed E-state index contributed by atoms with van der Waals surface area (Å²) in [5.41, 5.74) is 0.362. The average molecular weight is 186 g/mol. The molecule has 0 bridgehead atoms. The summed E-state index contributed by atoms with van der Waals surface area (Å²) in [4.78, 5) is 3.91. The summed E-state index contributed by atoms with van der Waals surface area (Å²) in [5.74, 6) is -0.334. The van der Waals surface area contributed by atoms with Crippen LogP contribution in [0.4, 0.5) is 4.39 Å². The SMILES string of the molecule is CCN=Cc1c(F)cccc1Cl. The third kappa shape index (κ3) is 2.05. The lowest BCUT2D eigenvalue weighted by molar-refractivity contribution is 0.626. The maximum atomic E-state index is 13.0. The highest BCUT2D eigenvalue weighted by molar-refractivity contribution is 6.33. The first-order chi connectivity index (χ1) is 5.75. The molecule has 0 saturated heterocycles. The maximum absolute atomic E-state index is 13.0. The minimum Gasteiger partial charge on any atom is -0.293 e. The van der Waals surface area contributed by atoms with E-state index in [1.165, 1.54) is 12.3 Å². The zero-order chi connectivity index (χ0) is 8.97. The van der Waals surface area contributed by atoms with E-state index in [4.69, 9.17) is 11.6 Å². The van der Waals surface area contributed by atoms with Crippen LogP contribution in [0.2, 0.25) is 5.02 Å². The zero-order valence-electron chi connectivity index (χ0n) is 6.72. The van der Waals surface area contributed by atoms with Crippen LogP contribution in [0.15, 0.2) is 23.2 Å². The third-order valence-electron chi connectivity index (χ3n) is 1.40. The molecule has 0 radical (unpaired) electrons. The molecule has 0 unspecified atom stereocenters. The van der Waals surface area contributed by atoms with Gasteiger partial charge in [0.15, 0.2) is 0 Å². The Hall–Kier alpha value is -0.890. The van der Waals surface area contributed by atoms with E-state index in [0.29, 0.717) is 17.1 Å². The van der Waals surface area contributed by atoms with Crippen LogP contribution < -0.4 is 0 Å². The summed E-state index contributed by atoms with van der Waals surface area (Å²) in [6.45, 7) is 2.51. The first-order valence-corrected chi connectivity index (χ1v) is 4.07. The van der Waals surface area contributed by atoms with Crippen LogP contribution in [-0.4, -0.2) is 12.8 Å². The van der Waals surface area contributed by atoms with Crippen molar-refractivity contribution in [2.75, 3.05) is 6.54 Å². The molecule has 1 aromatic carbocycles. The number of rotatable bonds is 2. The minimum atomic E-state index is -0.334. The van der Waals surface area contributed by atoms with Crippen molar-refractivity contribution >= 4 is 17.8 Å². The molecule has 0 saturated carbocycles. The predicted octanol–water partition coefficient (Wildman–Crippen LogP) is 2.92. The second-order valence-corrected chi connectivity index (χ2v) is 2.67. The Balaban J connectivity index is 3.04. The third-order valence-corrected chi connectivity index (χ3v) is 1.73. The van der Waals surface area contributed by atoms with E-state index in [-0.39, 0.29) is 5.82 Å². The Morgan fingerprint density at radius 2 is 2.33 bits per heavy atom.